The number of hydrogen-bond donors (Lipinski definition) is 1. The number of hydrogen-bond acceptors (Lipinski definition) is 4. The average molecular weight is 268 g/mol. The number of nitrogen functional groups attached to an aromatic ring is 1. The second-order valence-corrected chi connectivity index (χ2v) is 4.81. The highest BCUT2D eigenvalue weighted by atomic mass is 16.5. The summed E-state index contributed by atoms with van der Waals surface area (Å²) in [4.78, 5) is 0. The molecule has 3 aromatic rings. The van der Waals surface area contributed by atoms with E-state index in [-0.39, 0.29) is 0 Å². The number of furan rings is 1. The summed E-state index contributed by atoms with van der Waals surface area (Å²) in [6.45, 7) is 2.05. The fourth-order valence-electron chi connectivity index (χ4n) is 2.31. The van der Waals surface area contributed by atoms with Crippen LogP contribution in [0.1, 0.15) is 17.1 Å². The van der Waals surface area contributed by atoms with Crippen molar-refractivity contribution in [3.63, 3.8) is 0 Å². The Kier molecular flexibility index (Phi) is 3.29. The molecule has 20 heavy (non-hydrogen) atoms. The molecule has 102 valence electrons. The minimum atomic E-state index is 0.435. The van der Waals surface area contributed by atoms with Crippen LogP contribution in [0, 0.1) is 6.92 Å². The van der Waals surface area contributed by atoms with Crippen molar-refractivity contribution in [1.29, 1.82) is 0 Å². The van der Waals surface area contributed by atoms with Crippen LogP contribution in [-0.4, -0.2) is 5.16 Å². The average Bonchev–Trinajstić information content (AvgIpc) is 3.06. The van der Waals surface area contributed by atoms with Gasteiger partial charge in [0.1, 0.15) is 11.5 Å². The standard InChI is InChI=1S/C16H16N2O2/c1-11-4-2-5-12(10-11)15-14(20-18-16(15)17)8-7-13-6-3-9-19-13/h2-6,9-10H,7-8H2,1H3,(H2,17,18). The third-order valence-corrected chi connectivity index (χ3v) is 3.27. The first-order chi connectivity index (χ1) is 9.74. The van der Waals surface area contributed by atoms with Gasteiger partial charge in [0.05, 0.1) is 11.8 Å². The molecule has 0 aliphatic rings. The van der Waals surface area contributed by atoms with Crippen molar-refractivity contribution in [2.24, 2.45) is 0 Å². The molecule has 2 heterocycles. The van der Waals surface area contributed by atoms with Crippen LogP contribution in [-0.2, 0) is 12.8 Å². The normalized spacial score (nSPS) is 10.8. The molecule has 0 bridgehead atoms. The Morgan fingerprint density at radius 3 is 2.80 bits per heavy atom. The van der Waals surface area contributed by atoms with Crippen LogP contribution in [0.2, 0.25) is 0 Å². The van der Waals surface area contributed by atoms with Crippen molar-refractivity contribution in [3.8, 4) is 11.1 Å². The summed E-state index contributed by atoms with van der Waals surface area (Å²) in [5.74, 6) is 2.16. The molecule has 3 rings (SSSR count). The van der Waals surface area contributed by atoms with Crippen LogP contribution in [0.25, 0.3) is 11.1 Å². The summed E-state index contributed by atoms with van der Waals surface area (Å²) in [5.41, 5.74) is 9.05. The summed E-state index contributed by atoms with van der Waals surface area (Å²) in [6.07, 6.45) is 3.15. The lowest BCUT2D eigenvalue weighted by Gasteiger charge is -2.03. The zero-order valence-corrected chi connectivity index (χ0v) is 11.3. The molecule has 0 atom stereocenters. The fourth-order valence-corrected chi connectivity index (χ4v) is 2.31. The van der Waals surface area contributed by atoms with E-state index < -0.39 is 0 Å². The highest BCUT2D eigenvalue weighted by Gasteiger charge is 2.16. The monoisotopic (exact) mass is 268 g/mol. The first kappa shape index (κ1) is 12.5. The highest BCUT2D eigenvalue weighted by Crippen LogP contribution is 2.30. The van der Waals surface area contributed by atoms with Gasteiger partial charge in [-0.15, -0.1) is 0 Å². The lowest BCUT2D eigenvalue weighted by Crippen LogP contribution is -1.93. The molecular weight excluding hydrogens is 252 g/mol. The lowest BCUT2D eigenvalue weighted by molar-refractivity contribution is 0.382. The van der Waals surface area contributed by atoms with Crippen LogP contribution >= 0.6 is 0 Å². The van der Waals surface area contributed by atoms with Gasteiger partial charge >= 0.3 is 0 Å². The van der Waals surface area contributed by atoms with E-state index >= 15 is 0 Å². The Morgan fingerprint density at radius 1 is 1.15 bits per heavy atom. The summed E-state index contributed by atoms with van der Waals surface area (Å²) in [5, 5.41) is 3.89. The number of nitrogens with two attached hydrogens (primary N) is 1. The van der Waals surface area contributed by atoms with E-state index in [1.165, 1.54) is 5.56 Å². The van der Waals surface area contributed by atoms with E-state index in [4.69, 9.17) is 14.7 Å². The number of aromatic nitrogens is 1. The van der Waals surface area contributed by atoms with Gasteiger partial charge in [0.15, 0.2) is 5.82 Å². The molecule has 0 spiro atoms. The van der Waals surface area contributed by atoms with Crippen LogP contribution in [0.3, 0.4) is 0 Å². The minimum Gasteiger partial charge on any atom is -0.469 e. The Bertz CT molecular complexity index is 699. The zero-order valence-electron chi connectivity index (χ0n) is 11.3. The van der Waals surface area contributed by atoms with Crippen LogP contribution in [0.15, 0.2) is 51.6 Å². The lowest BCUT2D eigenvalue weighted by atomic mass is 10.0. The summed E-state index contributed by atoms with van der Waals surface area (Å²) in [6, 6.07) is 12.0. The fraction of sp³-hybridized carbons (Fsp3) is 0.188. The Labute approximate surface area is 117 Å². The van der Waals surface area contributed by atoms with E-state index in [0.29, 0.717) is 12.2 Å². The molecule has 0 unspecified atom stereocenters. The van der Waals surface area contributed by atoms with E-state index in [2.05, 4.69) is 24.2 Å². The molecule has 0 fully saturated rings. The maximum Gasteiger partial charge on any atom is 0.175 e. The van der Waals surface area contributed by atoms with Crippen molar-refractivity contribution in [2.45, 2.75) is 19.8 Å². The van der Waals surface area contributed by atoms with Crippen molar-refractivity contribution in [3.05, 3.63) is 59.7 Å². The van der Waals surface area contributed by atoms with Gasteiger partial charge < -0.3 is 14.7 Å². The van der Waals surface area contributed by atoms with Gasteiger partial charge in [-0.3, -0.25) is 0 Å². The molecular formula is C16H16N2O2. The van der Waals surface area contributed by atoms with Gasteiger partial charge in [0, 0.05) is 12.8 Å². The number of rotatable bonds is 4. The Balaban J connectivity index is 1.89. The third-order valence-electron chi connectivity index (χ3n) is 3.27. The molecule has 0 saturated carbocycles. The molecule has 1 aromatic carbocycles. The van der Waals surface area contributed by atoms with Crippen molar-refractivity contribution >= 4 is 5.82 Å². The zero-order chi connectivity index (χ0) is 13.9. The van der Waals surface area contributed by atoms with Crippen LogP contribution < -0.4 is 5.73 Å². The largest absolute Gasteiger partial charge is 0.469 e. The van der Waals surface area contributed by atoms with Gasteiger partial charge in [-0.25, -0.2) is 0 Å². The van der Waals surface area contributed by atoms with Gasteiger partial charge in [-0.1, -0.05) is 35.0 Å². The van der Waals surface area contributed by atoms with E-state index in [1.807, 2.05) is 24.3 Å². The van der Waals surface area contributed by atoms with Gasteiger partial charge in [-0.05, 0) is 24.6 Å². The molecule has 0 amide bonds. The maximum atomic E-state index is 5.94. The van der Waals surface area contributed by atoms with Gasteiger partial charge in [-0.2, -0.15) is 0 Å². The SMILES string of the molecule is Cc1cccc(-c2c(N)noc2CCc2ccco2)c1. The van der Waals surface area contributed by atoms with Crippen molar-refractivity contribution in [2.75, 3.05) is 5.73 Å². The molecule has 0 saturated heterocycles. The van der Waals surface area contributed by atoms with Crippen LogP contribution in [0.4, 0.5) is 5.82 Å². The maximum absolute atomic E-state index is 5.94. The van der Waals surface area contributed by atoms with E-state index in [0.717, 1.165) is 29.1 Å². The minimum absolute atomic E-state index is 0.435. The summed E-state index contributed by atoms with van der Waals surface area (Å²) >= 11 is 0. The smallest absolute Gasteiger partial charge is 0.175 e. The second kappa shape index (κ2) is 5.25. The van der Waals surface area contributed by atoms with E-state index in [9.17, 15) is 0 Å². The van der Waals surface area contributed by atoms with Crippen LogP contribution in [0.5, 0.6) is 0 Å². The van der Waals surface area contributed by atoms with Gasteiger partial charge in [0.25, 0.3) is 0 Å². The first-order valence-corrected chi connectivity index (χ1v) is 6.57. The second-order valence-electron chi connectivity index (χ2n) is 4.81. The molecule has 4 heteroatoms. The molecule has 0 aliphatic heterocycles. The van der Waals surface area contributed by atoms with E-state index in [1.54, 1.807) is 6.26 Å². The molecule has 0 aliphatic carbocycles. The summed E-state index contributed by atoms with van der Waals surface area (Å²) < 4.78 is 10.7. The Morgan fingerprint density at radius 2 is 2.05 bits per heavy atom. The predicted molar refractivity (Wildman–Crippen MR) is 77.2 cm³/mol. The quantitative estimate of drug-likeness (QED) is 0.785. The number of anilines is 1. The predicted octanol–water partition coefficient (Wildman–Crippen LogP) is 3.61. The molecule has 2 aromatic heterocycles. The summed E-state index contributed by atoms with van der Waals surface area (Å²) in [7, 11) is 0. The molecule has 0 radical (unpaired) electrons. The third kappa shape index (κ3) is 2.45. The first-order valence-electron chi connectivity index (χ1n) is 6.57. The molecule has 4 nitrogen and oxygen atoms in total. The topological polar surface area (TPSA) is 65.2 Å². The number of nitrogens with zero attached hydrogens (tertiary/aromatic N) is 1. The van der Waals surface area contributed by atoms with Crippen molar-refractivity contribution in [1.82, 2.24) is 5.16 Å². The number of benzene rings is 1. The van der Waals surface area contributed by atoms with Crippen molar-refractivity contribution < 1.29 is 8.94 Å². The highest BCUT2D eigenvalue weighted by molar-refractivity contribution is 5.75. The van der Waals surface area contributed by atoms with Gasteiger partial charge in [0.2, 0.25) is 0 Å². The Hall–Kier alpha value is -2.49. The number of aryl methyl sites for hydroxylation is 3. The molecule has 2 N–H and O–H groups in total.